The number of nitrogens with one attached hydrogen (secondary N) is 1. The number of unbranched alkanes of at least 4 members (excludes halogenated alkanes) is 2. The summed E-state index contributed by atoms with van der Waals surface area (Å²) in [5, 5.41) is 10.7. The van der Waals surface area contributed by atoms with Gasteiger partial charge in [0.25, 0.3) is 0 Å². The molecule has 1 aromatic rings. The zero-order valence-corrected chi connectivity index (χ0v) is 8.61. The molecule has 0 fully saturated rings. The van der Waals surface area contributed by atoms with Gasteiger partial charge in [0.1, 0.15) is 0 Å². The van der Waals surface area contributed by atoms with Crippen LogP contribution in [0.5, 0.6) is 0 Å². The molecule has 1 rings (SSSR count). The molecule has 0 atom stereocenters. The monoisotopic (exact) mass is 194 g/mol. The molecule has 0 bridgehead atoms. The fourth-order valence-electron chi connectivity index (χ4n) is 1.36. The molecule has 0 heterocycles. The molecule has 0 saturated heterocycles. The summed E-state index contributed by atoms with van der Waals surface area (Å²) in [7, 11) is 0. The lowest BCUT2D eigenvalue weighted by Gasteiger charge is -2.21. The van der Waals surface area contributed by atoms with Crippen molar-refractivity contribution in [3.8, 4) is 0 Å². The minimum Gasteiger partial charge on any atom is -0.297 e. The second-order valence-corrected chi connectivity index (χ2v) is 3.29. The lowest BCUT2D eigenvalue weighted by molar-refractivity contribution is 0.153. The van der Waals surface area contributed by atoms with Gasteiger partial charge in [-0.15, -0.1) is 5.59 Å². The molecule has 0 amide bonds. The van der Waals surface area contributed by atoms with Gasteiger partial charge in [-0.25, -0.2) is 0 Å². The molecule has 78 valence electrons. The van der Waals surface area contributed by atoms with Crippen molar-refractivity contribution in [3.63, 3.8) is 0 Å². The van der Waals surface area contributed by atoms with Crippen LogP contribution < -0.4 is 10.6 Å². The average molecular weight is 194 g/mol. The van der Waals surface area contributed by atoms with Gasteiger partial charge < -0.3 is 0 Å². The number of benzene rings is 1. The quantitative estimate of drug-likeness (QED) is 0.539. The van der Waals surface area contributed by atoms with Gasteiger partial charge in [0.15, 0.2) is 0 Å². The predicted octanol–water partition coefficient (Wildman–Crippen LogP) is 2.58. The first kappa shape index (κ1) is 11.0. The van der Waals surface area contributed by atoms with E-state index >= 15 is 0 Å². The van der Waals surface area contributed by atoms with Crippen molar-refractivity contribution >= 4 is 5.69 Å². The SMILES string of the molecule is CCCCCN(NO)c1ccccc1. The van der Waals surface area contributed by atoms with E-state index in [1.54, 1.807) is 5.01 Å². The first-order valence-electron chi connectivity index (χ1n) is 5.10. The van der Waals surface area contributed by atoms with E-state index in [0.717, 1.165) is 18.7 Å². The van der Waals surface area contributed by atoms with Crippen LogP contribution in [0.15, 0.2) is 30.3 Å². The van der Waals surface area contributed by atoms with Gasteiger partial charge in [0, 0.05) is 6.54 Å². The van der Waals surface area contributed by atoms with Crippen molar-refractivity contribution in [2.75, 3.05) is 11.6 Å². The summed E-state index contributed by atoms with van der Waals surface area (Å²) in [5.74, 6) is 0. The Kier molecular flexibility index (Phi) is 5.04. The number of hydrogen-bond donors (Lipinski definition) is 2. The van der Waals surface area contributed by atoms with Gasteiger partial charge in [0.05, 0.1) is 5.69 Å². The van der Waals surface area contributed by atoms with E-state index in [9.17, 15) is 0 Å². The van der Waals surface area contributed by atoms with E-state index in [-0.39, 0.29) is 0 Å². The Balaban J connectivity index is 2.46. The minimum atomic E-state index is 0.828. The number of nitrogens with zero attached hydrogens (tertiary/aromatic N) is 1. The highest BCUT2D eigenvalue weighted by atomic mass is 16.5. The van der Waals surface area contributed by atoms with Crippen LogP contribution >= 0.6 is 0 Å². The van der Waals surface area contributed by atoms with E-state index in [1.807, 2.05) is 30.3 Å². The molecule has 14 heavy (non-hydrogen) atoms. The maximum Gasteiger partial charge on any atom is 0.0541 e. The third kappa shape index (κ3) is 3.36. The van der Waals surface area contributed by atoms with Crippen molar-refractivity contribution in [1.82, 2.24) is 5.59 Å². The van der Waals surface area contributed by atoms with Crippen LogP contribution in [-0.2, 0) is 0 Å². The number of rotatable bonds is 6. The Labute approximate surface area is 85.3 Å². The Morgan fingerprint density at radius 1 is 1.21 bits per heavy atom. The maximum absolute atomic E-state index is 8.95. The molecule has 0 spiro atoms. The van der Waals surface area contributed by atoms with Crippen LogP contribution in [-0.4, -0.2) is 11.8 Å². The van der Waals surface area contributed by atoms with E-state index in [0.29, 0.717) is 0 Å². The van der Waals surface area contributed by atoms with E-state index in [4.69, 9.17) is 5.21 Å². The summed E-state index contributed by atoms with van der Waals surface area (Å²) in [5.41, 5.74) is 3.20. The predicted molar refractivity (Wildman–Crippen MR) is 58.2 cm³/mol. The molecule has 3 heteroatoms. The zero-order chi connectivity index (χ0) is 10.2. The van der Waals surface area contributed by atoms with E-state index in [1.165, 1.54) is 12.8 Å². The van der Waals surface area contributed by atoms with Crippen LogP contribution in [0.3, 0.4) is 0 Å². The largest absolute Gasteiger partial charge is 0.297 e. The van der Waals surface area contributed by atoms with Gasteiger partial charge in [0.2, 0.25) is 0 Å². The Hall–Kier alpha value is -1.06. The fraction of sp³-hybridized carbons (Fsp3) is 0.455. The summed E-state index contributed by atoms with van der Waals surface area (Å²) in [6.45, 7) is 2.99. The van der Waals surface area contributed by atoms with Gasteiger partial charge in [-0.2, -0.15) is 0 Å². The van der Waals surface area contributed by atoms with Crippen LogP contribution in [0.4, 0.5) is 5.69 Å². The van der Waals surface area contributed by atoms with Crippen molar-refractivity contribution < 1.29 is 5.21 Å². The highest BCUT2D eigenvalue weighted by Gasteiger charge is 2.02. The van der Waals surface area contributed by atoms with Gasteiger partial charge in [-0.05, 0) is 18.6 Å². The van der Waals surface area contributed by atoms with Crippen LogP contribution in [0.25, 0.3) is 0 Å². The minimum absolute atomic E-state index is 0.828. The Morgan fingerprint density at radius 2 is 1.93 bits per heavy atom. The summed E-state index contributed by atoms with van der Waals surface area (Å²) in [6, 6.07) is 9.81. The summed E-state index contributed by atoms with van der Waals surface area (Å²) in [6.07, 6.45) is 3.46. The van der Waals surface area contributed by atoms with Crippen LogP contribution in [0, 0.1) is 0 Å². The second-order valence-electron chi connectivity index (χ2n) is 3.29. The van der Waals surface area contributed by atoms with Crippen molar-refractivity contribution in [3.05, 3.63) is 30.3 Å². The lowest BCUT2D eigenvalue weighted by atomic mass is 10.2. The van der Waals surface area contributed by atoms with Crippen LogP contribution in [0.1, 0.15) is 26.2 Å². The Bertz CT molecular complexity index is 238. The molecule has 0 unspecified atom stereocenters. The van der Waals surface area contributed by atoms with Gasteiger partial charge in [-0.1, -0.05) is 38.0 Å². The molecule has 2 N–H and O–H groups in total. The second kappa shape index (κ2) is 6.40. The van der Waals surface area contributed by atoms with Crippen molar-refractivity contribution in [1.29, 1.82) is 0 Å². The molecule has 0 saturated carbocycles. The molecule has 3 nitrogen and oxygen atoms in total. The number of hydrogen-bond acceptors (Lipinski definition) is 3. The van der Waals surface area contributed by atoms with Gasteiger partial charge in [-0.3, -0.25) is 10.2 Å². The molecule has 0 aliphatic heterocycles. The molecule has 0 aliphatic rings. The fourth-order valence-corrected chi connectivity index (χ4v) is 1.36. The van der Waals surface area contributed by atoms with E-state index in [2.05, 4.69) is 12.5 Å². The zero-order valence-electron chi connectivity index (χ0n) is 8.61. The number of anilines is 1. The Morgan fingerprint density at radius 3 is 2.50 bits per heavy atom. The molecule has 1 aromatic carbocycles. The third-order valence-corrected chi connectivity index (χ3v) is 2.17. The summed E-state index contributed by atoms with van der Waals surface area (Å²) in [4.78, 5) is 0. The first-order chi connectivity index (χ1) is 6.88. The van der Waals surface area contributed by atoms with Crippen molar-refractivity contribution in [2.45, 2.75) is 26.2 Å². The van der Waals surface area contributed by atoms with E-state index < -0.39 is 0 Å². The molecule has 0 aliphatic carbocycles. The van der Waals surface area contributed by atoms with Gasteiger partial charge >= 0.3 is 0 Å². The molecule has 0 radical (unpaired) electrons. The standard InChI is InChI=1S/C11H18N2O/c1-2-3-7-10-13(12-14)11-8-5-4-6-9-11/h4-6,8-9,12,14H,2-3,7,10H2,1H3. The highest BCUT2D eigenvalue weighted by molar-refractivity contribution is 5.44. The maximum atomic E-state index is 8.95. The topological polar surface area (TPSA) is 35.5 Å². The molecule has 0 aromatic heterocycles. The first-order valence-corrected chi connectivity index (χ1v) is 5.10. The smallest absolute Gasteiger partial charge is 0.0541 e. The average Bonchev–Trinajstić information content (AvgIpc) is 2.26. The normalized spacial score (nSPS) is 10.1. The summed E-state index contributed by atoms with van der Waals surface area (Å²) < 4.78 is 0. The third-order valence-electron chi connectivity index (χ3n) is 2.17. The number of hydrazine groups is 1. The summed E-state index contributed by atoms with van der Waals surface area (Å²) >= 11 is 0. The number of para-hydroxylation sites is 1. The van der Waals surface area contributed by atoms with Crippen LogP contribution in [0.2, 0.25) is 0 Å². The molecular formula is C11H18N2O. The van der Waals surface area contributed by atoms with Crippen molar-refractivity contribution in [2.24, 2.45) is 0 Å². The highest BCUT2D eigenvalue weighted by Crippen LogP contribution is 2.11. The molecular weight excluding hydrogens is 176 g/mol. The lowest BCUT2D eigenvalue weighted by Crippen LogP contribution is -2.36.